The van der Waals surface area contributed by atoms with Crippen LogP contribution in [0.5, 0.6) is 5.75 Å². The van der Waals surface area contributed by atoms with Crippen LogP contribution >= 0.6 is 0 Å². The summed E-state index contributed by atoms with van der Waals surface area (Å²) >= 11 is 0. The Labute approximate surface area is 139 Å². The van der Waals surface area contributed by atoms with Gasteiger partial charge in [0.25, 0.3) is 5.91 Å². The van der Waals surface area contributed by atoms with E-state index in [-0.39, 0.29) is 23.9 Å². The van der Waals surface area contributed by atoms with Gasteiger partial charge in [-0.1, -0.05) is 6.07 Å². The maximum Gasteiger partial charge on any atom is 0.255 e. The molecule has 1 saturated heterocycles. The Hall–Kier alpha value is -2.34. The third-order valence-corrected chi connectivity index (χ3v) is 3.99. The van der Waals surface area contributed by atoms with E-state index in [0.717, 1.165) is 0 Å². The molecule has 0 spiro atoms. The first-order chi connectivity index (χ1) is 11.5. The number of hydrogen-bond acceptors (Lipinski definition) is 4. The van der Waals surface area contributed by atoms with E-state index in [2.05, 4.69) is 5.32 Å². The number of carbonyl (C=O) groups is 1. The number of aryl methyl sites for hydroxylation is 2. The van der Waals surface area contributed by atoms with Gasteiger partial charge in [0.1, 0.15) is 29.2 Å². The lowest BCUT2D eigenvalue weighted by Crippen LogP contribution is -2.51. The Balaban J connectivity index is 1.70. The second kappa shape index (κ2) is 7.05. The lowest BCUT2D eigenvalue weighted by molar-refractivity contribution is -0.0136. The molecular formula is C18H20FNO4. The molecule has 5 nitrogen and oxygen atoms in total. The van der Waals surface area contributed by atoms with Crippen LogP contribution in [0.4, 0.5) is 4.39 Å². The zero-order valence-corrected chi connectivity index (χ0v) is 13.7. The molecule has 1 aliphatic rings. The molecule has 1 amide bonds. The van der Waals surface area contributed by atoms with Crippen LogP contribution in [0.1, 0.15) is 28.3 Å². The molecule has 2 aromatic rings. The number of hydrogen-bond donors (Lipinski definition) is 1. The molecule has 1 aliphatic heterocycles. The van der Waals surface area contributed by atoms with E-state index in [4.69, 9.17) is 13.9 Å². The van der Waals surface area contributed by atoms with Crippen molar-refractivity contribution in [2.24, 2.45) is 0 Å². The summed E-state index contributed by atoms with van der Waals surface area (Å²) in [5.74, 6) is 1.12. The zero-order chi connectivity index (χ0) is 17.1. The van der Waals surface area contributed by atoms with Crippen LogP contribution in [0.2, 0.25) is 0 Å². The van der Waals surface area contributed by atoms with Crippen molar-refractivity contribution in [2.75, 3.05) is 13.2 Å². The van der Waals surface area contributed by atoms with Gasteiger partial charge in [0, 0.05) is 12.7 Å². The van der Waals surface area contributed by atoms with Gasteiger partial charge in [-0.15, -0.1) is 0 Å². The SMILES string of the molecule is Cc1cc(C(=O)N[C@@H]2CCOC[C@H]2Oc2cccc(F)c2)c(C)o1. The smallest absolute Gasteiger partial charge is 0.255 e. The number of amides is 1. The molecule has 3 rings (SSSR count). The van der Waals surface area contributed by atoms with Crippen molar-refractivity contribution in [1.29, 1.82) is 0 Å². The highest BCUT2D eigenvalue weighted by Crippen LogP contribution is 2.20. The van der Waals surface area contributed by atoms with E-state index in [1.165, 1.54) is 12.1 Å². The van der Waals surface area contributed by atoms with E-state index < -0.39 is 0 Å². The molecule has 1 fully saturated rings. The average Bonchev–Trinajstić information content (AvgIpc) is 2.88. The van der Waals surface area contributed by atoms with Crippen LogP contribution in [-0.2, 0) is 4.74 Å². The number of ether oxygens (including phenoxy) is 2. The Morgan fingerprint density at radius 1 is 1.33 bits per heavy atom. The quantitative estimate of drug-likeness (QED) is 0.934. The third kappa shape index (κ3) is 3.76. The Kier molecular flexibility index (Phi) is 4.85. The summed E-state index contributed by atoms with van der Waals surface area (Å²) in [6.45, 7) is 4.43. The minimum Gasteiger partial charge on any atom is -0.486 e. The minimum absolute atomic E-state index is 0.205. The summed E-state index contributed by atoms with van der Waals surface area (Å²) in [6.07, 6.45) is 0.250. The summed E-state index contributed by atoms with van der Waals surface area (Å²) < 4.78 is 30.0. The predicted octanol–water partition coefficient (Wildman–Crippen LogP) is 3.00. The Bertz CT molecular complexity index is 728. The first-order valence-corrected chi connectivity index (χ1v) is 7.91. The predicted molar refractivity (Wildman–Crippen MR) is 85.7 cm³/mol. The highest BCUT2D eigenvalue weighted by molar-refractivity contribution is 5.95. The molecular weight excluding hydrogens is 313 g/mol. The van der Waals surface area contributed by atoms with Gasteiger partial charge in [0.2, 0.25) is 0 Å². The number of furan rings is 1. The fourth-order valence-corrected chi connectivity index (χ4v) is 2.81. The molecule has 0 aliphatic carbocycles. The lowest BCUT2D eigenvalue weighted by atomic mass is 10.1. The molecule has 0 radical (unpaired) electrons. The van der Waals surface area contributed by atoms with Crippen LogP contribution in [0, 0.1) is 19.7 Å². The van der Waals surface area contributed by atoms with Gasteiger partial charge in [-0.05, 0) is 38.5 Å². The molecule has 128 valence electrons. The van der Waals surface area contributed by atoms with Crippen LogP contribution in [-0.4, -0.2) is 31.3 Å². The molecule has 2 atom stereocenters. The summed E-state index contributed by atoms with van der Waals surface area (Å²) in [5, 5.41) is 2.98. The van der Waals surface area contributed by atoms with Crippen LogP contribution in [0.15, 0.2) is 34.7 Å². The van der Waals surface area contributed by atoms with Gasteiger partial charge in [-0.2, -0.15) is 0 Å². The summed E-state index contributed by atoms with van der Waals surface area (Å²) in [7, 11) is 0. The van der Waals surface area contributed by atoms with E-state index in [0.29, 0.717) is 42.5 Å². The molecule has 0 unspecified atom stereocenters. The van der Waals surface area contributed by atoms with Crippen molar-refractivity contribution < 1.29 is 23.1 Å². The number of carbonyl (C=O) groups excluding carboxylic acids is 1. The zero-order valence-electron chi connectivity index (χ0n) is 13.7. The molecule has 2 heterocycles. The average molecular weight is 333 g/mol. The van der Waals surface area contributed by atoms with Gasteiger partial charge >= 0.3 is 0 Å². The largest absolute Gasteiger partial charge is 0.486 e. The lowest BCUT2D eigenvalue weighted by Gasteiger charge is -2.32. The van der Waals surface area contributed by atoms with Crippen LogP contribution in [0.25, 0.3) is 0 Å². The van der Waals surface area contributed by atoms with Gasteiger partial charge < -0.3 is 19.2 Å². The van der Waals surface area contributed by atoms with Gasteiger partial charge in [-0.25, -0.2) is 4.39 Å². The van der Waals surface area contributed by atoms with Gasteiger partial charge in [0.15, 0.2) is 0 Å². The Morgan fingerprint density at radius 2 is 2.17 bits per heavy atom. The second-order valence-electron chi connectivity index (χ2n) is 5.88. The second-order valence-corrected chi connectivity index (χ2v) is 5.88. The van der Waals surface area contributed by atoms with Crippen molar-refractivity contribution in [1.82, 2.24) is 5.32 Å². The third-order valence-electron chi connectivity index (χ3n) is 3.99. The van der Waals surface area contributed by atoms with Crippen molar-refractivity contribution in [3.8, 4) is 5.75 Å². The number of halogens is 1. The van der Waals surface area contributed by atoms with E-state index >= 15 is 0 Å². The summed E-state index contributed by atoms with van der Waals surface area (Å²) in [4.78, 5) is 12.5. The number of benzene rings is 1. The van der Waals surface area contributed by atoms with Crippen molar-refractivity contribution >= 4 is 5.91 Å². The maximum atomic E-state index is 13.3. The molecule has 1 aromatic carbocycles. The van der Waals surface area contributed by atoms with Gasteiger partial charge in [-0.3, -0.25) is 4.79 Å². The van der Waals surface area contributed by atoms with Gasteiger partial charge in [0.05, 0.1) is 18.2 Å². The maximum absolute atomic E-state index is 13.3. The highest BCUT2D eigenvalue weighted by Gasteiger charge is 2.30. The fraction of sp³-hybridized carbons (Fsp3) is 0.389. The fourth-order valence-electron chi connectivity index (χ4n) is 2.81. The summed E-state index contributed by atoms with van der Waals surface area (Å²) in [6, 6.07) is 7.43. The van der Waals surface area contributed by atoms with Crippen LogP contribution < -0.4 is 10.1 Å². The molecule has 0 bridgehead atoms. The monoisotopic (exact) mass is 333 g/mol. The molecule has 24 heavy (non-hydrogen) atoms. The molecule has 1 N–H and O–H groups in total. The summed E-state index contributed by atoms with van der Waals surface area (Å²) in [5.41, 5.74) is 0.517. The topological polar surface area (TPSA) is 60.7 Å². The van der Waals surface area contributed by atoms with E-state index in [9.17, 15) is 9.18 Å². The number of rotatable bonds is 4. The van der Waals surface area contributed by atoms with Crippen LogP contribution in [0.3, 0.4) is 0 Å². The number of nitrogens with one attached hydrogen (secondary N) is 1. The van der Waals surface area contributed by atoms with Crippen molar-refractivity contribution in [3.63, 3.8) is 0 Å². The van der Waals surface area contributed by atoms with Crippen molar-refractivity contribution in [2.45, 2.75) is 32.4 Å². The normalized spacial score (nSPS) is 20.6. The van der Waals surface area contributed by atoms with E-state index in [1.54, 1.807) is 32.0 Å². The van der Waals surface area contributed by atoms with E-state index in [1.807, 2.05) is 0 Å². The standard InChI is InChI=1S/C18H20FNO4/c1-11-8-15(12(2)23-11)18(21)20-16-6-7-22-10-17(16)24-14-5-3-4-13(19)9-14/h3-5,8-9,16-17H,6-7,10H2,1-2H3,(H,20,21)/t16-,17-/m1/s1. The first kappa shape index (κ1) is 16.5. The van der Waals surface area contributed by atoms with Crippen molar-refractivity contribution in [3.05, 3.63) is 53.2 Å². The molecule has 1 aromatic heterocycles. The Morgan fingerprint density at radius 3 is 2.88 bits per heavy atom. The highest BCUT2D eigenvalue weighted by atomic mass is 19.1. The molecule has 6 heteroatoms. The minimum atomic E-state index is -0.377. The first-order valence-electron chi connectivity index (χ1n) is 7.91. The molecule has 0 saturated carbocycles.